The number of hydrogen-bond acceptors (Lipinski definition) is 2. The lowest BCUT2D eigenvalue weighted by Crippen LogP contribution is -1.76. The molecule has 2 nitrogen and oxygen atoms in total. The van der Waals surface area contributed by atoms with Gasteiger partial charge in [0.05, 0.1) is 3.57 Å². The Bertz CT molecular complexity index is 466. The Morgan fingerprint density at radius 3 is 2.46 bits per heavy atom. The van der Waals surface area contributed by atoms with Crippen LogP contribution in [0.4, 0.5) is 0 Å². The summed E-state index contributed by atoms with van der Waals surface area (Å²) in [6.07, 6.45) is 0. The highest BCUT2D eigenvalue weighted by molar-refractivity contribution is 14.1. The number of aromatic hydroxyl groups is 2. The van der Waals surface area contributed by atoms with E-state index < -0.39 is 0 Å². The second-order valence-electron chi connectivity index (χ2n) is 2.84. The van der Waals surface area contributed by atoms with Crippen molar-refractivity contribution in [2.75, 3.05) is 0 Å². The molecule has 0 radical (unpaired) electrons. The summed E-state index contributed by atoms with van der Waals surface area (Å²) in [7, 11) is 0. The fourth-order valence-electron chi connectivity index (χ4n) is 1.25. The van der Waals surface area contributed by atoms with Gasteiger partial charge < -0.3 is 10.2 Å². The first-order valence-corrected chi connectivity index (χ1v) is 4.86. The molecule has 13 heavy (non-hydrogen) atoms. The van der Waals surface area contributed by atoms with E-state index in [1.54, 1.807) is 18.2 Å². The molecule has 0 spiro atoms. The van der Waals surface area contributed by atoms with Gasteiger partial charge in [0.1, 0.15) is 11.5 Å². The van der Waals surface area contributed by atoms with E-state index in [9.17, 15) is 10.2 Å². The van der Waals surface area contributed by atoms with E-state index in [4.69, 9.17) is 0 Å². The number of benzene rings is 2. The van der Waals surface area contributed by atoms with Gasteiger partial charge in [0.2, 0.25) is 0 Å². The molecule has 2 aromatic rings. The highest BCUT2D eigenvalue weighted by atomic mass is 127. The van der Waals surface area contributed by atoms with Crippen LogP contribution in [-0.2, 0) is 0 Å². The molecular weight excluding hydrogens is 279 g/mol. The highest BCUT2D eigenvalue weighted by Crippen LogP contribution is 2.28. The zero-order valence-electron chi connectivity index (χ0n) is 6.66. The van der Waals surface area contributed by atoms with Gasteiger partial charge in [-0.15, -0.1) is 0 Å². The van der Waals surface area contributed by atoms with E-state index in [0.29, 0.717) is 0 Å². The van der Waals surface area contributed by atoms with Crippen molar-refractivity contribution >= 4 is 33.4 Å². The molecular formula is C10H7IO2. The Hall–Kier alpha value is -0.970. The van der Waals surface area contributed by atoms with E-state index in [2.05, 4.69) is 22.6 Å². The van der Waals surface area contributed by atoms with Crippen LogP contribution >= 0.6 is 22.6 Å². The lowest BCUT2D eigenvalue weighted by atomic mass is 10.1. The van der Waals surface area contributed by atoms with Crippen molar-refractivity contribution in [3.63, 3.8) is 0 Å². The molecule has 0 bridgehead atoms. The van der Waals surface area contributed by atoms with Crippen LogP contribution in [0.5, 0.6) is 11.5 Å². The van der Waals surface area contributed by atoms with E-state index >= 15 is 0 Å². The molecule has 0 aliphatic rings. The summed E-state index contributed by atoms with van der Waals surface area (Å²) in [5, 5.41) is 20.5. The van der Waals surface area contributed by atoms with Gasteiger partial charge in [-0.05, 0) is 57.6 Å². The second kappa shape index (κ2) is 3.06. The Morgan fingerprint density at radius 2 is 1.69 bits per heavy atom. The van der Waals surface area contributed by atoms with Crippen LogP contribution < -0.4 is 0 Å². The van der Waals surface area contributed by atoms with Gasteiger partial charge in [0.25, 0.3) is 0 Å². The molecule has 0 aliphatic heterocycles. The van der Waals surface area contributed by atoms with Crippen molar-refractivity contribution in [2.45, 2.75) is 0 Å². The van der Waals surface area contributed by atoms with Gasteiger partial charge in [-0.25, -0.2) is 0 Å². The predicted molar refractivity (Wildman–Crippen MR) is 60.0 cm³/mol. The summed E-state index contributed by atoms with van der Waals surface area (Å²) < 4.78 is 0.816. The van der Waals surface area contributed by atoms with Crippen LogP contribution in [0.15, 0.2) is 30.3 Å². The van der Waals surface area contributed by atoms with Gasteiger partial charge in [0.15, 0.2) is 0 Å². The van der Waals surface area contributed by atoms with E-state index in [1.807, 2.05) is 12.1 Å². The SMILES string of the molecule is Oc1ccc2cc(I)c(O)cc2c1. The fourth-order valence-corrected chi connectivity index (χ4v) is 1.74. The van der Waals surface area contributed by atoms with Crippen molar-refractivity contribution in [1.82, 2.24) is 0 Å². The van der Waals surface area contributed by atoms with Gasteiger partial charge in [-0.3, -0.25) is 0 Å². The van der Waals surface area contributed by atoms with Crippen molar-refractivity contribution in [3.05, 3.63) is 33.9 Å². The standard InChI is InChI=1S/C10H7IO2/c11-9-4-6-1-2-8(12)3-7(6)5-10(9)13/h1-5,12-13H. The summed E-state index contributed by atoms with van der Waals surface area (Å²) in [6, 6.07) is 8.62. The molecule has 0 aliphatic carbocycles. The van der Waals surface area contributed by atoms with Crippen molar-refractivity contribution in [3.8, 4) is 11.5 Å². The summed E-state index contributed by atoms with van der Waals surface area (Å²) in [5.74, 6) is 0.465. The normalized spacial score (nSPS) is 10.5. The minimum atomic E-state index is 0.216. The van der Waals surface area contributed by atoms with Crippen molar-refractivity contribution < 1.29 is 10.2 Å². The molecule has 0 amide bonds. The minimum absolute atomic E-state index is 0.216. The maximum atomic E-state index is 9.42. The fraction of sp³-hybridized carbons (Fsp3) is 0. The lowest BCUT2D eigenvalue weighted by Gasteiger charge is -2.01. The number of halogens is 1. The smallest absolute Gasteiger partial charge is 0.129 e. The average molecular weight is 286 g/mol. The molecule has 0 unspecified atom stereocenters. The molecule has 0 heterocycles. The Labute approximate surface area is 89.0 Å². The topological polar surface area (TPSA) is 40.5 Å². The van der Waals surface area contributed by atoms with Crippen LogP contribution in [0.3, 0.4) is 0 Å². The first kappa shape index (κ1) is 8.62. The zero-order valence-corrected chi connectivity index (χ0v) is 8.82. The monoisotopic (exact) mass is 286 g/mol. The molecule has 0 saturated heterocycles. The Balaban J connectivity index is 2.81. The van der Waals surface area contributed by atoms with Gasteiger partial charge >= 0.3 is 0 Å². The maximum absolute atomic E-state index is 9.42. The first-order valence-electron chi connectivity index (χ1n) is 3.78. The van der Waals surface area contributed by atoms with E-state index in [0.717, 1.165) is 14.3 Å². The predicted octanol–water partition coefficient (Wildman–Crippen LogP) is 2.86. The summed E-state index contributed by atoms with van der Waals surface area (Å²) in [5.41, 5.74) is 0. The molecule has 2 aromatic carbocycles. The van der Waals surface area contributed by atoms with Gasteiger partial charge in [0, 0.05) is 0 Å². The minimum Gasteiger partial charge on any atom is -0.508 e. The van der Waals surface area contributed by atoms with Gasteiger partial charge in [-0.2, -0.15) is 0 Å². The third-order valence-electron chi connectivity index (χ3n) is 1.89. The van der Waals surface area contributed by atoms with Crippen LogP contribution in [0.2, 0.25) is 0 Å². The molecule has 0 aromatic heterocycles. The largest absolute Gasteiger partial charge is 0.508 e. The Morgan fingerprint density at radius 1 is 0.923 bits per heavy atom. The van der Waals surface area contributed by atoms with E-state index in [-0.39, 0.29) is 11.5 Å². The van der Waals surface area contributed by atoms with Crippen molar-refractivity contribution in [2.24, 2.45) is 0 Å². The molecule has 3 heteroatoms. The highest BCUT2D eigenvalue weighted by Gasteiger charge is 2.01. The summed E-state index contributed by atoms with van der Waals surface area (Å²) >= 11 is 2.07. The van der Waals surface area contributed by atoms with Crippen LogP contribution in [0.1, 0.15) is 0 Å². The van der Waals surface area contributed by atoms with Crippen molar-refractivity contribution in [1.29, 1.82) is 0 Å². The molecule has 0 saturated carbocycles. The summed E-state index contributed by atoms with van der Waals surface area (Å²) in [4.78, 5) is 0. The number of phenols is 2. The molecule has 2 rings (SSSR count). The third kappa shape index (κ3) is 1.56. The van der Waals surface area contributed by atoms with Crippen LogP contribution in [0.25, 0.3) is 10.8 Å². The second-order valence-corrected chi connectivity index (χ2v) is 4.00. The van der Waals surface area contributed by atoms with Gasteiger partial charge in [-0.1, -0.05) is 6.07 Å². The maximum Gasteiger partial charge on any atom is 0.129 e. The molecule has 0 atom stereocenters. The lowest BCUT2D eigenvalue weighted by molar-refractivity contribution is 0.472. The third-order valence-corrected chi connectivity index (χ3v) is 2.75. The first-order chi connectivity index (χ1) is 6.16. The molecule has 0 fully saturated rings. The molecule has 66 valence electrons. The quantitative estimate of drug-likeness (QED) is 0.731. The summed E-state index contributed by atoms with van der Waals surface area (Å²) in [6.45, 7) is 0. The number of phenolic OH excluding ortho intramolecular Hbond substituents is 2. The zero-order chi connectivity index (χ0) is 9.42. The number of hydrogen-bond donors (Lipinski definition) is 2. The van der Waals surface area contributed by atoms with Crippen LogP contribution in [-0.4, -0.2) is 10.2 Å². The van der Waals surface area contributed by atoms with E-state index in [1.165, 1.54) is 0 Å². The Kier molecular flexibility index (Phi) is 2.03. The number of rotatable bonds is 0. The van der Waals surface area contributed by atoms with Crippen LogP contribution in [0, 0.1) is 3.57 Å². The average Bonchev–Trinajstić information content (AvgIpc) is 2.08. The molecule has 2 N–H and O–H groups in total. The number of fused-ring (bicyclic) bond motifs is 1.